The number of ether oxygens (including phenoxy) is 2. The zero-order valence-corrected chi connectivity index (χ0v) is 18.7. The summed E-state index contributed by atoms with van der Waals surface area (Å²) in [6, 6.07) is 18.8. The molecule has 0 heterocycles. The zero-order chi connectivity index (χ0) is 24.5. The second kappa shape index (κ2) is 11.5. The Morgan fingerprint density at radius 2 is 1.79 bits per heavy atom. The van der Waals surface area contributed by atoms with Gasteiger partial charge in [0.05, 0.1) is 12.8 Å². The molecule has 0 saturated carbocycles. The Hall–Kier alpha value is -4.35. The predicted molar refractivity (Wildman–Crippen MR) is 127 cm³/mol. The van der Waals surface area contributed by atoms with Crippen LogP contribution in [-0.4, -0.2) is 25.5 Å². The van der Waals surface area contributed by atoms with E-state index in [0.717, 1.165) is 0 Å². The summed E-state index contributed by atoms with van der Waals surface area (Å²) in [5.41, 5.74) is 0.910. The highest BCUT2D eigenvalue weighted by atomic mass is 35.5. The number of carbonyl (C=O) groups is 2. The number of nitrogens with zero attached hydrogens (tertiary/aromatic N) is 1. The number of nitriles is 1. The van der Waals surface area contributed by atoms with Gasteiger partial charge in [0.25, 0.3) is 11.8 Å². The molecule has 0 spiro atoms. The molecule has 0 fully saturated rings. The minimum absolute atomic E-state index is 0.0458. The van der Waals surface area contributed by atoms with Crippen LogP contribution in [0.4, 0.5) is 15.8 Å². The summed E-state index contributed by atoms with van der Waals surface area (Å²) in [6.07, 6.45) is 1.39. The third-order valence-corrected chi connectivity index (χ3v) is 4.72. The zero-order valence-electron chi connectivity index (χ0n) is 18.0. The molecule has 3 aromatic carbocycles. The van der Waals surface area contributed by atoms with E-state index in [1.54, 1.807) is 42.5 Å². The van der Waals surface area contributed by atoms with Gasteiger partial charge in [-0.15, -0.1) is 0 Å². The van der Waals surface area contributed by atoms with Gasteiger partial charge in [-0.3, -0.25) is 9.59 Å². The molecular formula is C25H19ClFN3O4. The number of anilines is 2. The Bertz CT molecular complexity index is 1270. The fraction of sp³-hybridized carbons (Fsp3) is 0.0800. The van der Waals surface area contributed by atoms with Crippen LogP contribution in [0.15, 0.2) is 72.3 Å². The van der Waals surface area contributed by atoms with E-state index in [-0.39, 0.29) is 29.4 Å². The van der Waals surface area contributed by atoms with Crippen molar-refractivity contribution in [2.24, 2.45) is 0 Å². The highest BCUT2D eigenvalue weighted by Crippen LogP contribution is 2.29. The van der Waals surface area contributed by atoms with Crippen LogP contribution in [0.1, 0.15) is 5.56 Å². The normalized spacial score (nSPS) is 10.7. The van der Waals surface area contributed by atoms with Gasteiger partial charge >= 0.3 is 0 Å². The second-order valence-electron chi connectivity index (χ2n) is 6.86. The maximum Gasteiger partial charge on any atom is 0.266 e. The number of amides is 2. The molecule has 0 aliphatic carbocycles. The summed E-state index contributed by atoms with van der Waals surface area (Å²) in [4.78, 5) is 24.5. The molecular weight excluding hydrogens is 461 g/mol. The topological polar surface area (TPSA) is 100 Å². The molecule has 9 heteroatoms. The van der Waals surface area contributed by atoms with Crippen molar-refractivity contribution >= 4 is 40.9 Å². The minimum Gasteiger partial charge on any atom is -0.493 e. The Balaban J connectivity index is 1.68. The van der Waals surface area contributed by atoms with Crippen LogP contribution in [0.5, 0.6) is 11.5 Å². The molecule has 0 bridgehead atoms. The average Bonchev–Trinajstić information content (AvgIpc) is 2.84. The van der Waals surface area contributed by atoms with Gasteiger partial charge in [-0.25, -0.2) is 4.39 Å². The van der Waals surface area contributed by atoms with E-state index in [0.29, 0.717) is 16.3 Å². The number of hydrogen-bond donors (Lipinski definition) is 2. The highest BCUT2D eigenvalue weighted by Gasteiger charge is 2.13. The monoisotopic (exact) mass is 479 g/mol. The van der Waals surface area contributed by atoms with E-state index in [1.165, 1.54) is 37.5 Å². The maximum absolute atomic E-state index is 13.7. The summed E-state index contributed by atoms with van der Waals surface area (Å²) in [7, 11) is 1.41. The van der Waals surface area contributed by atoms with Crippen molar-refractivity contribution in [3.05, 3.63) is 88.7 Å². The van der Waals surface area contributed by atoms with Crippen molar-refractivity contribution in [1.82, 2.24) is 0 Å². The minimum atomic E-state index is -0.589. The standard InChI is InChI=1S/C25H19ClFN3O4/c1-33-23-13-16(12-17(14-28)25(32)29-19-9-7-18(26)8-10-19)6-11-22(23)34-15-24(31)30-21-5-3-2-4-20(21)27/h2-13H,15H2,1H3,(H,29,32)(H,30,31)/b17-12-. The molecule has 3 rings (SSSR count). The molecule has 172 valence electrons. The van der Waals surface area contributed by atoms with Gasteiger partial charge in [-0.2, -0.15) is 5.26 Å². The first-order chi connectivity index (χ1) is 16.4. The van der Waals surface area contributed by atoms with E-state index in [9.17, 15) is 19.2 Å². The third-order valence-electron chi connectivity index (χ3n) is 4.47. The third kappa shape index (κ3) is 6.58. The lowest BCUT2D eigenvalue weighted by Gasteiger charge is -2.12. The lowest BCUT2D eigenvalue weighted by atomic mass is 10.1. The lowest BCUT2D eigenvalue weighted by molar-refractivity contribution is -0.118. The van der Waals surface area contributed by atoms with Crippen molar-refractivity contribution in [3.8, 4) is 17.6 Å². The smallest absolute Gasteiger partial charge is 0.266 e. The number of hydrogen-bond acceptors (Lipinski definition) is 5. The molecule has 0 saturated heterocycles. The van der Waals surface area contributed by atoms with Crippen LogP contribution in [0, 0.1) is 17.1 Å². The van der Waals surface area contributed by atoms with Crippen LogP contribution < -0.4 is 20.1 Å². The van der Waals surface area contributed by atoms with Crippen LogP contribution >= 0.6 is 11.6 Å². The fourth-order valence-corrected chi connectivity index (χ4v) is 2.96. The Kier molecular flexibility index (Phi) is 8.21. The first-order valence-electron chi connectivity index (χ1n) is 9.93. The molecule has 34 heavy (non-hydrogen) atoms. The summed E-state index contributed by atoms with van der Waals surface area (Å²) in [6.45, 7) is -0.382. The van der Waals surface area contributed by atoms with E-state index in [1.807, 2.05) is 6.07 Å². The molecule has 0 radical (unpaired) electrons. The number of para-hydroxylation sites is 1. The largest absolute Gasteiger partial charge is 0.493 e. The lowest BCUT2D eigenvalue weighted by Crippen LogP contribution is -2.20. The van der Waals surface area contributed by atoms with Crippen molar-refractivity contribution in [2.45, 2.75) is 0 Å². The SMILES string of the molecule is COc1cc(/C=C(/C#N)C(=O)Nc2ccc(Cl)cc2)ccc1OCC(=O)Nc1ccccc1F. The molecule has 0 aromatic heterocycles. The van der Waals surface area contributed by atoms with Crippen LogP contribution in [-0.2, 0) is 9.59 Å². The second-order valence-corrected chi connectivity index (χ2v) is 7.29. The fourth-order valence-electron chi connectivity index (χ4n) is 2.83. The van der Waals surface area contributed by atoms with Crippen molar-refractivity contribution in [1.29, 1.82) is 5.26 Å². The number of benzene rings is 3. The molecule has 2 N–H and O–H groups in total. The first-order valence-corrected chi connectivity index (χ1v) is 10.3. The quantitative estimate of drug-likeness (QED) is 0.348. The molecule has 0 aliphatic heterocycles. The number of halogens is 2. The van der Waals surface area contributed by atoms with Gasteiger partial charge in [0.2, 0.25) is 0 Å². The van der Waals surface area contributed by atoms with Crippen molar-refractivity contribution in [3.63, 3.8) is 0 Å². The van der Waals surface area contributed by atoms with Gasteiger partial charge in [-0.05, 0) is 60.2 Å². The summed E-state index contributed by atoms with van der Waals surface area (Å²) >= 11 is 5.83. The average molecular weight is 480 g/mol. The number of methoxy groups -OCH3 is 1. The van der Waals surface area contributed by atoms with Crippen molar-refractivity contribution < 1.29 is 23.5 Å². The summed E-state index contributed by atoms with van der Waals surface area (Å²) < 4.78 is 24.5. The Morgan fingerprint density at radius 3 is 2.47 bits per heavy atom. The number of rotatable bonds is 8. The Labute approximate surface area is 200 Å². The van der Waals surface area contributed by atoms with Crippen LogP contribution in [0.2, 0.25) is 5.02 Å². The Morgan fingerprint density at radius 1 is 1.06 bits per heavy atom. The molecule has 0 aliphatic rings. The highest BCUT2D eigenvalue weighted by molar-refractivity contribution is 6.30. The maximum atomic E-state index is 13.7. The van der Waals surface area contributed by atoms with Gasteiger partial charge < -0.3 is 20.1 Å². The molecule has 0 atom stereocenters. The van der Waals surface area contributed by atoms with Crippen molar-refractivity contribution in [2.75, 3.05) is 24.4 Å². The first kappa shape index (κ1) is 24.3. The van der Waals surface area contributed by atoms with Gasteiger partial charge in [-0.1, -0.05) is 29.8 Å². The molecule has 7 nitrogen and oxygen atoms in total. The predicted octanol–water partition coefficient (Wildman–Crippen LogP) is 5.05. The number of carbonyl (C=O) groups excluding carboxylic acids is 2. The summed E-state index contributed by atoms with van der Waals surface area (Å²) in [5.74, 6) is -1.16. The van der Waals surface area contributed by atoms with Crippen LogP contribution in [0.25, 0.3) is 6.08 Å². The molecule has 3 aromatic rings. The van der Waals surface area contributed by atoms with E-state index in [4.69, 9.17) is 21.1 Å². The molecule has 2 amide bonds. The van der Waals surface area contributed by atoms with Gasteiger partial charge in [0.1, 0.15) is 17.5 Å². The van der Waals surface area contributed by atoms with E-state index < -0.39 is 17.6 Å². The van der Waals surface area contributed by atoms with Gasteiger partial charge in [0, 0.05) is 10.7 Å². The van der Waals surface area contributed by atoms with E-state index in [2.05, 4.69) is 10.6 Å². The molecule has 0 unspecified atom stereocenters. The number of nitrogens with one attached hydrogen (secondary N) is 2. The summed E-state index contributed by atoms with van der Waals surface area (Å²) in [5, 5.41) is 15.0. The van der Waals surface area contributed by atoms with Gasteiger partial charge in [0.15, 0.2) is 18.1 Å². The van der Waals surface area contributed by atoms with Crippen LogP contribution in [0.3, 0.4) is 0 Å². The van der Waals surface area contributed by atoms with E-state index >= 15 is 0 Å².